The SMILES string of the molecule is NNC(Cc1cccc(F)c1F)C1=CCCO1. The summed E-state index contributed by atoms with van der Waals surface area (Å²) in [6, 6.07) is 3.78. The van der Waals surface area contributed by atoms with Crippen LogP contribution in [0.3, 0.4) is 0 Å². The molecule has 0 bridgehead atoms. The summed E-state index contributed by atoms with van der Waals surface area (Å²) in [6.07, 6.45) is 2.98. The molecule has 0 radical (unpaired) electrons. The summed E-state index contributed by atoms with van der Waals surface area (Å²) < 4.78 is 31.9. The average molecular weight is 240 g/mol. The van der Waals surface area contributed by atoms with Crippen molar-refractivity contribution in [1.29, 1.82) is 0 Å². The quantitative estimate of drug-likeness (QED) is 0.621. The zero-order chi connectivity index (χ0) is 12.3. The summed E-state index contributed by atoms with van der Waals surface area (Å²) in [7, 11) is 0. The van der Waals surface area contributed by atoms with Gasteiger partial charge < -0.3 is 4.74 Å². The van der Waals surface area contributed by atoms with E-state index < -0.39 is 11.6 Å². The van der Waals surface area contributed by atoms with E-state index in [0.29, 0.717) is 12.4 Å². The van der Waals surface area contributed by atoms with Gasteiger partial charge in [-0.2, -0.15) is 0 Å². The van der Waals surface area contributed by atoms with Crippen LogP contribution in [0.4, 0.5) is 8.78 Å². The second-order valence-corrected chi connectivity index (χ2v) is 3.88. The van der Waals surface area contributed by atoms with Crippen molar-refractivity contribution in [2.24, 2.45) is 5.84 Å². The third-order valence-corrected chi connectivity index (χ3v) is 2.73. The van der Waals surface area contributed by atoms with Crippen LogP contribution in [0, 0.1) is 11.6 Å². The molecular formula is C12H14F2N2O. The van der Waals surface area contributed by atoms with E-state index in [-0.39, 0.29) is 18.0 Å². The number of halogens is 2. The predicted octanol–water partition coefficient (Wildman–Crippen LogP) is 1.64. The van der Waals surface area contributed by atoms with E-state index in [1.165, 1.54) is 12.1 Å². The van der Waals surface area contributed by atoms with Crippen LogP contribution in [-0.2, 0) is 11.2 Å². The number of benzene rings is 1. The van der Waals surface area contributed by atoms with Gasteiger partial charge in [-0.15, -0.1) is 0 Å². The first-order chi connectivity index (χ1) is 8.22. The van der Waals surface area contributed by atoms with Crippen LogP contribution in [0.2, 0.25) is 0 Å². The van der Waals surface area contributed by atoms with E-state index in [0.717, 1.165) is 12.5 Å². The monoisotopic (exact) mass is 240 g/mol. The molecule has 92 valence electrons. The molecule has 1 aliphatic rings. The average Bonchev–Trinajstić information content (AvgIpc) is 2.85. The molecule has 1 unspecified atom stereocenters. The summed E-state index contributed by atoms with van der Waals surface area (Å²) in [5.74, 6) is 4.42. The fourth-order valence-corrected chi connectivity index (χ4v) is 1.85. The molecule has 0 aromatic heterocycles. The van der Waals surface area contributed by atoms with Gasteiger partial charge in [0.05, 0.1) is 12.6 Å². The highest BCUT2D eigenvalue weighted by Crippen LogP contribution is 2.19. The molecule has 0 saturated heterocycles. The number of nitrogens with one attached hydrogen (secondary N) is 1. The number of rotatable bonds is 4. The first-order valence-electron chi connectivity index (χ1n) is 5.44. The molecule has 1 atom stereocenters. The maximum absolute atomic E-state index is 13.5. The van der Waals surface area contributed by atoms with E-state index in [4.69, 9.17) is 10.6 Å². The molecule has 1 aliphatic heterocycles. The first-order valence-corrected chi connectivity index (χ1v) is 5.44. The fourth-order valence-electron chi connectivity index (χ4n) is 1.85. The van der Waals surface area contributed by atoms with Gasteiger partial charge in [0.1, 0.15) is 5.76 Å². The molecule has 3 N–H and O–H groups in total. The number of hydrogen-bond acceptors (Lipinski definition) is 3. The Labute approximate surface area is 98.2 Å². The van der Waals surface area contributed by atoms with Crippen molar-refractivity contribution in [3.63, 3.8) is 0 Å². The van der Waals surface area contributed by atoms with Crippen LogP contribution < -0.4 is 11.3 Å². The molecule has 17 heavy (non-hydrogen) atoms. The van der Waals surface area contributed by atoms with Crippen molar-refractivity contribution in [3.8, 4) is 0 Å². The van der Waals surface area contributed by atoms with E-state index in [1.807, 2.05) is 6.08 Å². The Morgan fingerprint density at radius 1 is 1.41 bits per heavy atom. The first kappa shape index (κ1) is 12.0. The summed E-state index contributed by atoms with van der Waals surface area (Å²) in [5, 5.41) is 0. The second-order valence-electron chi connectivity index (χ2n) is 3.88. The number of hydrazine groups is 1. The third-order valence-electron chi connectivity index (χ3n) is 2.73. The molecule has 0 fully saturated rings. The van der Waals surface area contributed by atoms with Gasteiger partial charge in [-0.25, -0.2) is 14.2 Å². The largest absolute Gasteiger partial charge is 0.496 e. The standard InChI is InChI=1S/C12H14F2N2O/c13-9-4-1-3-8(12(9)14)7-10(16-15)11-5-2-6-17-11/h1,3-5,10,16H,2,6-7,15H2. The third kappa shape index (κ3) is 2.62. The number of hydrogen-bond donors (Lipinski definition) is 2. The molecule has 3 nitrogen and oxygen atoms in total. The molecular weight excluding hydrogens is 226 g/mol. The molecule has 1 aromatic rings. The van der Waals surface area contributed by atoms with Crippen molar-refractivity contribution in [2.75, 3.05) is 6.61 Å². The van der Waals surface area contributed by atoms with Crippen molar-refractivity contribution in [2.45, 2.75) is 18.9 Å². The van der Waals surface area contributed by atoms with Gasteiger partial charge in [-0.3, -0.25) is 5.84 Å². The Hall–Kier alpha value is -1.46. The lowest BCUT2D eigenvalue weighted by atomic mass is 10.0. The maximum Gasteiger partial charge on any atom is 0.162 e. The van der Waals surface area contributed by atoms with Gasteiger partial charge in [0, 0.05) is 6.42 Å². The molecule has 0 amide bonds. The second kappa shape index (κ2) is 5.25. The van der Waals surface area contributed by atoms with Gasteiger partial charge in [0.25, 0.3) is 0 Å². The van der Waals surface area contributed by atoms with Gasteiger partial charge >= 0.3 is 0 Å². The summed E-state index contributed by atoms with van der Waals surface area (Å²) in [5.41, 5.74) is 2.84. The lowest BCUT2D eigenvalue weighted by Crippen LogP contribution is -2.38. The van der Waals surface area contributed by atoms with Gasteiger partial charge in [0.15, 0.2) is 11.6 Å². The Kier molecular flexibility index (Phi) is 3.71. The van der Waals surface area contributed by atoms with Crippen LogP contribution in [0.25, 0.3) is 0 Å². The lowest BCUT2D eigenvalue weighted by molar-refractivity contribution is 0.214. The predicted molar refractivity (Wildman–Crippen MR) is 59.8 cm³/mol. The van der Waals surface area contributed by atoms with Crippen LogP contribution in [-0.4, -0.2) is 12.6 Å². The smallest absolute Gasteiger partial charge is 0.162 e. The molecule has 1 aromatic carbocycles. The topological polar surface area (TPSA) is 47.3 Å². The molecule has 1 heterocycles. The normalized spacial score (nSPS) is 16.5. The van der Waals surface area contributed by atoms with E-state index in [1.54, 1.807) is 0 Å². The molecule has 0 saturated carbocycles. The molecule has 2 rings (SSSR count). The van der Waals surface area contributed by atoms with Crippen molar-refractivity contribution in [3.05, 3.63) is 47.2 Å². The van der Waals surface area contributed by atoms with Gasteiger partial charge in [-0.05, 0) is 24.1 Å². The van der Waals surface area contributed by atoms with Crippen molar-refractivity contribution in [1.82, 2.24) is 5.43 Å². The Morgan fingerprint density at radius 2 is 2.24 bits per heavy atom. The van der Waals surface area contributed by atoms with Crippen molar-refractivity contribution < 1.29 is 13.5 Å². The van der Waals surface area contributed by atoms with E-state index in [2.05, 4.69) is 5.43 Å². The highest BCUT2D eigenvalue weighted by Gasteiger charge is 2.20. The Balaban J connectivity index is 2.15. The molecule has 0 spiro atoms. The maximum atomic E-state index is 13.5. The molecule has 5 heteroatoms. The summed E-state index contributed by atoms with van der Waals surface area (Å²) in [6.45, 7) is 0.610. The highest BCUT2D eigenvalue weighted by atomic mass is 19.2. The minimum absolute atomic E-state index is 0.256. The number of ether oxygens (including phenoxy) is 1. The number of nitrogens with two attached hydrogens (primary N) is 1. The minimum atomic E-state index is -0.848. The zero-order valence-electron chi connectivity index (χ0n) is 9.25. The van der Waals surface area contributed by atoms with Gasteiger partial charge in [-0.1, -0.05) is 12.1 Å². The Bertz CT molecular complexity index is 435. The van der Waals surface area contributed by atoms with Crippen LogP contribution in [0.1, 0.15) is 12.0 Å². The van der Waals surface area contributed by atoms with E-state index in [9.17, 15) is 8.78 Å². The lowest BCUT2D eigenvalue weighted by Gasteiger charge is -2.17. The minimum Gasteiger partial charge on any atom is -0.496 e. The van der Waals surface area contributed by atoms with Crippen molar-refractivity contribution >= 4 is 0 Å². The summed E-state index contributed by atoms with van der Waals surface area (Å²) in [4.78, 5) is 0. The highest BCUT2D eigenvalue weighted by molar-refractivity contribution is 5.22. The fraction of sp³-hybridized carbons (Fsp3) is 0.333. The molecule has 0 aliphatic carbocycles. The van der Waals surface area contributed by atoms with Crippen LogP contribution >= 0.6 is 0 Å². The summed E-state index contributed by atoms with van der Waals surface area (Å²) >= 11 is 0. The van der Waals surface area contributed by atoms with E-state index >= 15 is 0 Å². The van der Waals surface area contributed by atoms with Crippen LogP contribution in [0.15, 0.2) is 30.0 Å². The van der Waals surface area contributed by atoms with Gasteiger partial charge in [0.2, 0.25) is 0 Å². The van der Waals surface area contributed by atoms with Crippen LogP contribution in [0.5, 0.6) is 0 Å². The zero-order valence-corrected chi connectivity index (χ0v) is 9.25. The Morgan fingerprint density at radius 3 is 2.88 bits per heavy atom.